The molecule has 0 bridgehead atoms. The zero-order valence-electron chi connectivity index (χ0n) is 34.5. The van der Waals surface area contributed by atoms with Crippen molar-refractivity contribution in [2.75, 3.05) is 4.90 Å². The van der Waals surface area contributed by atoms with E-state index in [9.17, 15) is 0 Å². The van der Waals surface area contributed by atoms with E-state index in [1.807, 2.05) is 60.7 Å². The fraction of sp³-hybridized carbons (Fsp3) is 0.0172. The largest absolute Gasteiger partial charge is 0.311 e. The molecule has 0 unspecified atom stereocenters. The molecule has 298 valence electrons. The highest BCUT2D eigenvalue weighted by Crippen LogP contribution is 2.42. The van der Waals surface area contributed by atoms with Crippen LogP contribution in [0.15, 0.2) is 237 Å². The summed E-state index contributed by atoms with van der Waals surface area (Å²) in [6.45, 7) is 4.49. The SMILES string of the molecule is C=C1/C=C\C=C/Cc2c(-c3cccc(-n4c5ccccc5c5c(-c6ccc(-c7nc(-c8ccccc8)nc(-c8ccccc8)n7)cc6)cccc54)c3)cccc2N1c1ccccc1. The summed E-state index contributed by atoms with van der Waals surface area (Å²) in [4.78, 5) is 17.1. The monoisotopic (exact) mass is 807 g/mol. The van der Waals surface area contributed by atoms with Crippen LogP contribution in [0.2, 0.25) is 0 Å². The van der Waals surface area contributed by atoms with Crippen LogP contribution in [-0.2, 0) is 6.42 Å². The van der Waals surface area contributed by atoms with Gasteiger partial charge >= 0.3 is 0 Å². The van der Waals surface area contributed by atoms with Crippen molar-refractivity contribution in [1.29, 1.82) is 0 Å². The Kier molecular flexibility index (Phi) is 9.68. The van der Waals surface area contributed by atoms with Crippen molar-refractivity contribution < 1.29 is 0 Å². The molecule has 0 fully saturated rings. The van der Waals surface area contributed by atoms with Gasteiger partial charge in [-0.1, -0.05) is 183 Å². The average molecular weight is 808 g/mol. The number of anilines is 2. The first-order valence-electron chi connectivity index (χ1n) is 21.3. The second-order valence-electron chi connectivity index (χ2n) is 15.7. The molecule has 10 aromatic rings. The topological polar surface area (TPSA) is 46.8 Å². The van der Waals surface area contributed by atoms with Crippen LogP contribution < -0.4 is 4.90 Å². The van der Waals surface area contributed by atoms with Crippen molar-refractivity contribution >= 4 is 33.2 Å². The van der Waals surface area contributed by atoms with Gasteiger partial charge in [-0.15, -0.1) is 0 Å². The lowest BCUT2D eigenvalue weighted by atomic mass is 9.94. The van der Waals surface area contributed by atoms with E-state index in [1.165, 1.54) is 21.9 Å². The third-order valence-corrected chi connectivity index (χ3v) is 11.8. The van der Waals surface area contributed by atoms with Gasteiger partial charge in [-0.2, -0.15) is 0 Å². The Hall–Kier alpha value is -8.41. The van der Waals surface area contributed by atoms with E-state index >= 15 is 0 Å². The molecule has 63 heavy (non-hydrogen) atoms. The molecular formula is C58H41N5. The molecule has 11 rings (SSSR count). The normalized spacial score (nSPS) is 13.6. The van der Waals surface area contributed by atoms with E-state index in [2.05, 4.69) is 180 Å². The standard InChI is InChI=1S/C58H41N5/c1-40-19-6-2-13-28-50-48(30-17-33-52(50)62(40)46-25-11-5-12-26-46)45-24-16-27-47(39-45)63-53-32-15-14-29-51(53)55-49(31-18-34-54(55)63)41-35-37-44(38-36-41)58-60-56(42-20-7-3-8-21-42)59-57(61-58)43-22-9-4-10-23-43/h2-27,29-39H,1,28H2/b13-2-,19-6-. The molecule has 0 saturated carbocycles. The van der Waals surface area contributed by atoms with Crippen LogP contribution in [0.4, 0.5) is 11.4 Å². The zero-order chi connectivity index (χ0) is 42.1. The van der Waals surface area contributed by atoms with Crippen LogP contribution in [0, 0.1) is 0 Å². The predicted molar refractivity (Wildman–Crippen MR) is 261 cm³/mol. The number of nitrogens with zero attached hydrogens (tertiary/aromatic N) is 5. The number of hydrogen-bond acceptors (Lipinski definition) is 4. The molecule has 0 N–H and O–H groups in total. The van der Waals surface area contributed by atoms with Gasteiger partial charge in [0.25, 0.3) is 0 Å². The van der Waals surface area contributed by atoms with Gasteiger partial charge in [0.15, 0.2) is 17.5 Å². The molecule has 0 saturated heterocycles. The molecule has 5 heteroatoms. The molecule has 8 aromatic carbocycles. The third-order valence-electron chi connectivity index (χ3n) is 11.8. The second-order valence-corrected chi connectivity index (χ2v) is 15.7. The second kappa shape index (κ2) is 16.2. The summed E-state index contributed by atoms with van der Waals surface area (Å²) in [5.41, 5.74) is 15.2. The lowest BCUT2D eigenvalue weighted by molar-refractivity contribution is 1.07. The first-order valence-corrected chi connectivity index (χ1v) is 21.3. The van der Waals surface area contributed by atoms with Crippen molar-refractivity contribution in [1.82, 2.24) is 19.5 Å². The molecule has 5 nitrogen and oxygen atoms in total. The van der Waals surface area contributed by atoms with Gasteiger partial charge in [0.1, 0.15) is 0 Å². The minimum atomic E-state index is 0.635. The highest BCUT2D eigenvalue weighted by atomic mass is 15.1. The Balaban J connectivity index is 1.01. The van der Waals surface area contributed by atoms with Crippen LogP contribution in [0.3, 0.4) is 0 Å². The molecule has 3 heterocycles. The molecule has 0 radical (unpaired) electrons. The zero-order valence-corrected chi connectivity index (χ0v) is 34.5. The molecule has 0 spiro atoms. The molecule has 0 amide bonds. The third kappa shape index (κ3) is 7.02. The first kappa shape index (κ1) is 37.6. The number of allylic oxidation sites excluding steroid dienone is 4. The maximum atomic E-state index is 4.98. The Morgan fingerprint density at radius 2 is 0.968 bits per heavy atom. The molecular weight excluding hydrogens is 767 g/mol. The minimum Gasteiger partial charge on any atom is -0.311 e. The van der Waals surface area contributed by atoms with E-state index in [-0.39, 0.29) is 0 Å². The Bertz CT molecular complexity index is 3310. The summed E-state index contributed by atoms with van der Waals surface area (Å²) in [6.07, 6.45) is 9.29. The van der Waals surface area contributed by atoms with Crippen molar-refractivity contribution in [3.8, 4) is 62.1 Å². The van der Waals surface area contributed by atoms with Crippen LogP contribution in [-0.4, -0.2) is 19.5 Å². The van der Waals surface area contributed by atoms with E-state index in [0.29, 0.717) is 17.5 Å². The average Bonchev–Trinajstić information content (AvgIpc) is 3.73. The van der Waals surface area contributed by atoms with Gasteiger partial charge in [-0.05, 0) is 82.8 Å². The lowest BCUT2D eigenvalue weighted by Gasteiger charge is -2.28. The van der Waals surface area contributed by atoms with Crippen LogP contribution in [0.1, 0.15) is 5.56 Å². The van der Waals surface area contributed by atoms with Gasteiger partial charge in [0.05, 0.1) is 16.7 Å². The van der Waals surface area contributed by atoms with Crippen molar-refractivity contribution in [3.05, 3.63) is 242 Å². The Morgan fingerprint density at radius 1 is 0.429 bits per heavy atom. The van der Waals surface area contributed by atoms with Crippen LogP contribution in [0.25, 0.3) is 83.9 Å². The Morgan fingerprint density at radius 3 is 1.68 bits per heavy atom. The summed E-state index contributed by atoms with van der Waals surface area (Å²) in [6, 6.07) is 70.3. The number of aromatic nitrogens is 4. The van der Waals surface area contributed by atoms with Crippen LogP contribution >= 0.6 is 0 Å². The van der Waals surface area contributed by atoms with E-state index in [1.54, 1.807) is 0 Å². The number of rotatable bonds is 7. The highest BCUT2D eigenvalue weighted by molar-refractivity contribution is 6.15. The molecule has 0 aliphatic carbocycles. The number of benzene rings is 8. The number of fused-ring (bicyclic) bond motifs is 4. The Labute approximate surface area is 367 Å². The lowest BCUT2D eigenvalue weighted by Crippen LogP contribution is -2.16. The molecule has 2 aromatic heterocycles. The first-order chi connectivity index (χ1) is 31.2. The number of hydrogen-bond donors (Lipinski definition) is 0. The molecule has 1 aliphatic rings. The van der Waals surface area contributed by atoms with E-state index < -0.39 is 0 Å². The van der Waals surface area contributed by atoms with Gasteiger partial charge in [-0.3, -0.25) is 0 Å². The summed E-state index contributed by atoms with van der Waals surface area (Å²) < 4.78 is 2.41. The van der Waals surface area contributed by atoms with Crippen molar-refractivity contribution in [2.24, 2.45) is 0 Å². The highest BCUT2D eigenvalue weighted by Gasteiger charge is 2.21. The molecule has 0 atom stereocenters. The van der Waals surface area contributed by atoms with Crippen molar-refractivity contribution in [2.45, 2.75) is 6.42 Å². The fourth-order valence-corrected chi connectivity index (χ4v) is 8.90. The van der Waals surface area contributed by atoms with Gasteiger partial charge < -0.3 is 9.47 Å². The van der Waals surface area contributed by atoms with E-state index in [0.717, 1.165) is 73.6 Å². The quantitative estimate of drug-likeness (QED) is 0.161. The van der Waals surface area contributed by atoms with Gasteiger partial charge in [0, 0.05) is 44.5 Å². The summed E-state index contributed by atoms with van der Waals surface area (Å²) in [7, 11) is 0. The predicted octanol–water partition coefficient (Wildman–Crippen LogP) is 14.6. The maximum Gasteiger partial charge on any atom is 0.164 e. The summed E-state index contributed by atoms with van der Waals surface area (Å²) in [5.74, 6) is 1.93. The smallest absolute Gasteiger partial charge is 0.164 e. The van der Waals surface area contributed by atoms with Crippen molar-refractivity contribution in [3.63, 3.8) is 0 Å². The van der Waals surface area contributed by atoms with Gasteiger partial charge in [-0.25, -0.2) is 15.0 Å². The summed E-state index contributed by atoms with van der Waals surface area (Å²) in [5, 5.41) is 2.41. The minimum absolute atomic E-state index is 0.635. The fourth-order valence-electron chi connectivity index (χ4n) is 8.90. The number of para-hydroxylation sites is 2. The van der Waals surface area contributed by atoms with E-state index in [4.69, 9.17) is 15.0 Å². The maximum absolute atomic E-state index is 4.98. The van der Waals surface area contributed by atoms with Crippen LogP contribution in [0.5, 0.6) is 0 Å². The summed E-state index contributed by atoms with van der Waals surface area (Å²) >= 11 is 0. The van der Waals surface area contributed by atoms with Gasteiger partial charge in [0.2, 0.25) is 0 Å². The molecule has 1 aliphatic heterocycles.